The molecule has 0 amide bonds. The van der Waals surface area contributed by atoms with E-state index in [2.05, 4.69) is 31.0 Å². The summed E-state index contributed by atoms with van der Waals surface area (Å²) in [6, 6.07) is 3.04. The van der Waals surface area contributed by atoms with Crippen molar-refractivity contribution in [3.05, 3.63) is 48.7 Å². The van der Waals surface area contributed by atoms with Crippen molar-refractivity contribution in [2.24, 2.45) is 0 Å². The van der Waals surface area contributed by atoms with E-state index >= 15 is 0 Å². The average molecular weight is 372 g/mol. The van der Waals surface area contributed by atoms with E-state index in [1.54, 1.807) is 0 Å². The molecule has 0 bridgehead atoms. The van der Waals surface area contributed by atoms with Crippen molar-refractivity contribution < 1.29 is 14.5 Å². The van der Waals surface area contributed by atoms with Crippen molar-refractivity contribution >= 4 is 44.7 Å². The number of hydrogen-bond donors (Lipinski definition) is 1. The lowest BCUT2D eigenvalue weighted by atomic mass is 10.2. The Morgan fingerprint density at radius 3 is 2.95 bits per heavy atom. The first-order valence-corrected chi connectivity index (χ1v) is 7.38. The molecule has 0 radical (unpaired) electrons. The standard InChI is InChI=1S/C12H10BrN3O4S/c1-20-12(17)7-4-9(16(18)19)11(14-5-7)15-6-10-8(13)2-3-21-10/h2-5H,6H2,1H3,(H,14,15). The molecule has 2 aromatic rings. The van der Waals surface area contributed by atoms with Crippen LogP contribution in [0, 0.1) is 10.1 Å². The lowest BCUT2D eigenvalue weighted by molar-refractivity contribution is -0.384. The van der Waals surface area contributed by atoms with E-state index in [0.29, 0.717) is 6.54 Å². The van der Waals surface area contributed by atoms with Gasteiger partial charge in [0.25, 0.3) is 0 Å². The number of nitrogens with one attached hydrogen (secondary N) is 1. The third kappa shape index (κ3) is 3.56. The van der Waals surface area contributed by atoms with E-state index in [1.165, 1.54) is 24.6 Å². The SMILES string of the molecule is COC(=O)c1cnc(NCc2sccc2Br)c([N+](=O)[O-])c1. The van der Waals surface area contributed by atoms with Gasteiger partial charge in [-0.25, -0.2) is 9.78 Å². The summed E-state index contributed by atoms with van der Waals surface area (Å²) < 4.78 is 5.44. The van der Waals surface area contributed by atoms with Gasteiger partial charge in [-0.3, -0.25) is 10.1 Å². The van der Waals surface area contributed by atoms with E-state index in [1.807, 2.05) is 11.4 Å². The highest BCUT2D eigenvalue weighted by atomic mass is 79.9. The maximum absolute atomic E-state index is 11.4. The van der Waals surface area contributed by atoms with Crippen LogP contribution in [0.4, 0.5) is 11.5 Å². The number of pyridine rings is 1. The molecular weight excluding hydrogens is 362 g/mol. The summed E-state index contributed by atoms with van der Waals surface area (Å²) in [5.41, 5.74) is -0.238. The number of hydrogen-bond acceptors (Lipinski definition) is 7. The topological polar surface area (TPSA) is 94.4 Å². The summed E-state index contributed by atoms with van der Waals surface area (Å²) in [5.74, 6) is -0.564. The third-order valence-corrected chi connectivity index (χ3v) is 4.52. The minimum absolute atomic E-state index is 0.0343. The van der Waals surface area contributed by atoms with Crippen LogP contribution < -0.4 is 5.32 Å². The Kier molecular flexibility index (Phi) is 4.86. The van der Waals surface area contributed by atoms with E-state index in [-0.39, 0.29) is 17.1 Å². The first kappa shape index (κ1) is 15.4. The monoisotopic (exact) mass is 371 g/mol. The molecule has 0 atom stereocenters. The summed E-state index contributed by atoms with van der Waals surface area (Å²) in [6.07, 6.45) is 1.24. The molecule has 0 unspecified atom stereocenters. The number of carbonyl (C=O) groups excluding carboxylic acids is 1. The van der Waals surface area contributed by atoms with Crippen LogP contribution in [0.25, 0.3) is 0 Å². The van der Waals surface area contributed by atoms with Crippen LogP contribution in [-0.2, 0) is 11.3 Å². The number of thiophene rings is 1. The number of ether oxygens (including phenoxy) is 1. The van der Waals surface area contributed by atoms with Crippen LogP contribution in [0.5, 0.6) is 0 Å². The average Bonchev–Trinajstić information content (AvgIpc) is 2.89. The van der Waals surface area contributed by atoms with Gasteiger partial charge in [-0.15, -0.1) is 11.3 Å². The highest BCUT2D eigenvalue weighted by Gasteiger charge is 2.19. The first-order chi connectivity index (χ1) is 10.0. The second-order valence-electron chi connectivity index (χ2n) is 3.89. The van der Waals surface area contributed by atoms with Crippen molar-refractivity contribution in [3.63, 3.8) is 0 Å². The second kappa shape index (κ2) is 6.64. The summed E-state index contributed by atoms with van der Waals surface area (Å²) >= 11 is 4.90. The number of anilines is 1. The number of rotatable bonds is 5. The number of halogens is 1. The van der Waals surface area contributed by atoms with Crippen LogP contribution >= 0.6 is 27.3 Å². The molecular formula is C12H10BrN3O4S. The Morgan fingerprint density at radius 2 is 2.38 bits per heavy atom. The highest BCUT2D eigenvalue weighted by molar-refractivity contribution is 9.10. The molecule has 9 heteroatoms. The van der Waals surface area contributed by atoms with Gasteiger partial charge in [0.2, 0.25) is 5.82 Å². The maximum Gasteiger partial charge on any atom is 0.339 e. The van der Waals surface area contributed by atoms with Gasteiger partial charge in [0, 0.05) is 21.6 Å². The molecule has 110 valence electrons. The largest absolute Gasteiger partial charge is 0.465 e. The van der Waals surface area contributed by atoms with Gasteiger partial charge in [0.1, 0.15) is 0 Å². The lowest BCUT2D eigenvalue weighted by Crippen LogP contribution is -2.08. The smallest absolute Gasteiger partial charge is 0.339 e. The zero-order chi connectivity index (χ0) is 15.4. The van der Waals surface area contributed by atoms with E-state index < -0.39 is 10.9 Å². The van der Waals surface area contributed by atoms with Crippen LogP contribution in [0.2, 0.25) is 0 Å². The number of carbonyl (C=O) groups is 1. The molecule has 0 aliphatic carbocycles. The predicted molar refractivity (Wildman–Crippen MR) is 81.6 cm³/mol. The van der Waals surface area contributed by atoms with Crippen molar-refractivity contribution in [1.82, 2.24) is 4.98 Å². The Bertz CT molecular complexity index is 689. The van der Waals surface area contributed by atoms with E-state index in [4.69, 9.17) is 0 Å². The molecule has 0 fully saturated rings. The number of esters is 1. The van der Waals surface area contributed by atoms with E-state index in [0.717, 1.165) is 15.4 Å². The highest BCUT2D eigenvalue weighted by Crippen LogP contribution is 2.27. The van der Waals surface area contributed by atoms with Crippen molar-refractivity contribution in [1.29, 1.82) is 0 Å². The van der Waals surface area contributed by atoms with Crippen LogP contribution in [0.1, 0.15) is 15.2 Å². The van der Waals surface area contributed by atoms with Gasteiger partial charge in [0.15, 0.2) is 0 Å². The quantitative estimate of drug-likeness (QED) is 0.492. The Balaban J connectivity index is 2.24. The number of nitro groups is 1. The van der Waals surface area contributed by atoms with Crippen molar-refractivity contribution in [2.75, 3.05) is 12.4 Å². The van der Waals surface area contributed by atoms with Crippen molar-refractivity contribution in [3.8, 4) is 0 Å². The van der Waals surface area contributed by atoms with Crippen molar-refractivity contribution in [2.45, 2.75) is 6.54 Å². The zero-order valence-corrected chi connectivity index (χ0v) is 13.2. The molecule has 2 rings (SSSR count). The van der Waals surface area contributed by atoms with Crippen LogP contribution in [0.3, 0.4) is 0 Å². The van der Waals surface area contributed by atoms with Gasteiger partial charge in [-0.1, -0.05) is 0 Å². The summed E-state index contributed by atoms with van der Waals surface area (Å²) in [5, 5.41) is 15.9. The van der Waals surface area contributed by atoms with E-state index in [9.17, 15) is 14.9 Å². The lowest BCUT2D eigenvalue weighted by Gasteiger charge is -2.06. The second-order valence-corrected chi connectivity index (χ2v) is 5.74. The first-order valence-electron chi connectivity index (χ1n) is 5.71. The summed E-state index contributed by atoms with van der Waals surface area (Å²) in [4.78, 5) is 26.8. The molecule has 21 heavy (non-hydrogen) atoms. The molecule has 0 aliphatic heterocycles. The minimum atomic E-state index is -0.668. The predicted octanol–water partition coefficient (Wildman–Crippen LogP) is 3.21. The maximum atomic E-state index is 11.4. The number of nitrogens with zero attached hydrogens (tertiary/aromatic N) is 2. The fourth-order valence-electron chi connectivity index (χ4n) is 1.57. The van der Waals surface area contributed by atoms with Crippen LogP contribution in [0.15, 0.2) is 28.2 Å². The molecule has 0 saturated carbocycles. The Labute approximate surface area is 132 Å². The Hall–Kier alpha value is -2.00. The third-order valence-electron chi connectivity index (χ3n) is 2.59. The minimum Gasteiger partial charge on any atom is -0.465 e. The van der Waals surface area contributed by atoms with Gasteiger partial charge < -0.3 is 10.1 Å². The Morgan fingerprint density at radius 1 is 1.62 bits per heavy atom. The molecule has 0 spiro atoms. The van der Waals surface area contributed by atoms with Crippen LogP contribution in [-0.4, -0.2) is 23.0 Å². The molecule has 0 saturated heterocycles. The summed E-state index contributed by atoms with van der Waals surface area (Å²) in [6.45, 7) is 0.393. The molecule has 0 aromatic carbocycles. The number of aromatic nitrogens is 1. The molecule has 7 nitrogen and oxygen atoms in total. The van der Waals surface area contributed by atoms with Gasteiger partial charge in [-0.2, -0.15) is 0 Å². The van der Waals surface area contributed by atoms with Gasteiger partial charge in [0.05, 0.1) is 24.1 Å². The molecule has 0 aliphatic rings. The zero-order valence-electron chi connectivity index (χ0n) is 10.8. The number of methoxy groups -OCH3 is 1. The molecule has 1 N–H and O–H groups in total. The molecule has 2 aromatic heterocycles. The molecule has 2 heterocycles. The normalized spacial score (nSPS) is 10.2. The fourth-order valence-corrected chi connectivity index (χ4v) is 3.01. The van der Waals surface area contributed by atoms with Gasteiger partial charge >= 0.3 is 11.7 Å². The van der Waals surface area contributed by atoms with Gasteiger partial charge in [-0.05, 0) is 27.4 Å². The summed E-state index contributed by atoms with van der Waals surface area (Å²) in [7, 11) is 1.20. The fraction of sp³-hybridized carbons (Fsp3) is 0.167.